The third kappa shape index (κ3) is 2.11. The third-order valence-electron chi connectivity index (χ3n) is 4.65. The topological polar surface area (TPSA) is 83.8 Å². The Morgan fingerprint density at radius 3 is 2.74 bits per heavy atom. The molecular weight excluding hydrogens is 296 g/mol. The number of hydrogen-bond donors (Lipinski definition) is 1. The van der Waals surface area contributed by atoms with Gasteiger partial charge in [0.1, 0.15) is 11.2 Å². The highest BCUT2D eigenvalue weighted by Gasteiger charge is 2.52. The van der Waals surface area contributed by atoms with Gasteiger partial charge in [-0.2, -0.15) is 0 Å². The van der Waals surface area contributed by atoms with Gasteiger partial charge in [0, 0.05) is 12.3 Å². The fraction of sp³-hybridized carbons (Fsp3) is 0.375. The maximum absolute atomic E-state index is 12.6. The largest absolute Gasteiger partial charge is 0.325 e. The van der Waals surface area contributed by atoms with Gasteiger partial charge < -0.3 is 5.32 Å². The van der Waals surface area contributed by atoms with Crippen LogP contribution in [-0.2, 0) is 11.3 Å². The van der Waals surface area contributed by atoms with Crippen LogP contribution < -0.4 is 10.9 Å². The lowest BCUT2D eigenvalue weighted by Gasteiger charge is -2.19. The monoisotopic (exact) mass is 312 g/mol. The summed E-state index contributed by atoms with van der Waals surface area (Å²) in [6, 6.07) is 6.22. The van der Waals surface area contributed by atoms with Crippen molar-refractivity contribution in [1.29, 1.82) is 0 Å². The van der Waals surface area contributed by atoms with Crippen molar-refractivity contribution >= 4 is 17.6 Å². The van der Waals surface area contributed by atoms with Crippen molar-refractivity contribution < 1.29 is 9.59 Å². The smallest absolute Gasteiger partial charge is 0.323 e. The molecule has 2 aromatic rings. The molecule has 0 aromatic carbocycles. The number of carbonyl (C=O) groups excluding carboxylic acids is 2. The molecule has 0 atom stereocenters. The van der Waals surface area contributed by atoms with Gasteiger partial charge in [0.05, 0.1) is 12.2 Å². The highest BCUT2D eigenvalue weighted by atomic mass is 16.2. The zero-order chi connectivity index (χ0) is 16.0. The number of imide groups is 1. The summed E-state index contributed by atoms with van der Waals surface area (Å²) >= 11 is 0. The molecule has 3 heterocycles. The Bertz CT molecular complexity index is 867. The van der Waals surface area contributed by atoms with E-state index in [1.54, 1.807) is 24.4 Å². The van der Waals surface area contributed by atoms with Crippen LogP contribution in [0.15, 0.2) is 35.3 Å². The standard InChI is InChI=1S/C16H16N4O3/c21-13-9-11(17-12-5-1-4-8-19(12)13)10-20-14(22)16(18-15(20)23)6-2-3-7-16/h1,4-5,8-9H,2-3,6-7,10H2,(H,18,23). The Morgan fingerprint density at radius 2 is 1.96 bits per heavy atom. The lowest BCUT2D eigenvalue weighted by Crippen LogP contribution is -2.44. The summed E-state index contributed by atoms with van der Waals surface area (Å²) in [5.74, 6) is -0.199. The molecule has 2 aromatic heterocycles. The van der Waals surface area contributed by atoms with E-state index in [-0.39, 0.29) is 18.0 Å². The van der Waals surface area contributed by atoms with E-state index in [1.165, 1.54) is 15.4 Å². The summed E-state index contributed by atoms with van der Waals surface area (Å²) in [5, 5.41) is 2.83. The van der Waals surface area contributed by atoms with Gasteiger partial charge >= 0.3 is 6.03 Å². The van der Waals surface area contributed by atoms with E-state index in [9.17, 15) is 14.4 Å². The molecule has 7 nitrogen and oxygen atoms in total. The maximum Gasteiger partial charge on any atom is 0.325 e. The minimum absolute atomic E-state index is 0.0209. The highest BCUT2D eigenvalue weighted by Crippen LogP contribution is 2.35. The average molecular weight is 312 g/mol. The van der Waals surface area contributed by atoms with Gasteiger partial charge in [-0.05, 0) is 25.0 Å². The Labute approximate surface area is 131 Å². The van der Waals surface area contributed by atoms with Gasteiger partial charge in [0.15, 0.2) is 0 Å². The van der Waals surface area contributed by atoms with Crippen LogP contribution in [0.5, 0.6) is 0 Å². The Balaban J connectivity index is 1.67. The predicted octanol–water partition coefficient (Wildman–Crippen LogP) is 1.06. The van der Waals surface area contributed by atoms with E-state index >= 15 is 0 Å². The van der Waals surface area contributed by atoms with E-state index in [0.717, 1.165) is 12.8 Å². The predicted molar refractivity (Wildman–Crippen MR) is 81.7 cm³/mol. The number of rotatable bonds is 2. The van der Waals surface area contributed by atoms with Crippen LogP contribution in [0.4, 0.5) is 4.79 Å². The van der Waals surface area contributed by atoms with Gasteiger partial charge in [-0.1, -0.05) is 18.9 Å². The fourth-order valence-electron chi connectivity index (χ4n) is 3.48. The number of hydrogen-bond acceptors (Lipinski definition) is 4. The zero-order valence-corrected chi connectivity index (χ0v) is 12.5. The Hall–Kier alpha value is -2.70. The molecule has 1 N–H and O–H groups in total. The molecule has 2 aliphatic rings. The highest BCUT2D eigenvalue weighted by molar-refractivity contribution is 6.07. The van der Waals surface area contributed by atoms with E-state index in [2.05, 4.69) is 10.3 Å². The van der Waals surface area contributed by atoms with Crippen molar-refractivity contribution in [2.45, 2.75) is 37.8 Å². The number of nitrogens with zero attached hydrogens (tertiary/aromatic N) is 3. The van der Waals surface area contributed by atoms with Gasteiger partial charge in [-0.15, -0.1) is 0 Å². The zero-order valence-electron chi connectivity index (χ0n) is 12.5. The normalized spacial score (nSPS) is 19.7. The first kappa shape index (κ1) is 13.9. The molecule has 23 heavy (non-hydrogen) atoms. The molecule has 1 saturated carbocycles. The molecule has 1 spiro atoms. The van der Waals surface area contributed by atoms with Crippen molar-refractivity contribution in [3.63, 3.8) is 0 Å². The summed E-state index contributed by atoms with van der Waals surface area (Å²) in [4.78, 5) is 42.5. The number of nitrogens with one attached hydrogen (secondary N) is 1. The van der Waals surface area contributed by atoms with Crippen LogP contribution in [0.2, 0.25) is 0 Å². The first-order valence-corrected chi connectivity index (χ1v) is 7.71. The molecular formula is C16H16N4O3. The van der Waals surface area contributed by atoms with Crippen molar-refractivity contribution in [3.05, 3.63) is 46.5 Å². The number of carbonyl (C=O) groups is 2. The van der Waals surface area contributed by atoms with Gasteiger partial charge in [0.2, 0.25) is 0 Å². The molecule has 7 heteroatoms. The molecule has 3 amide bonds. The van der Waals surface area contributed by atoms with Gasteiger partial charge in [0.25, 0.3) is 11.5 Å². The van der Waals surface area contributed by atoms with Crippen molar-refractivity contribution in [2.24, 2.45) is 0 Å². The molecule has 1 aliphatic carbocycles. The molecule has 0 bridgehead atoms. The lowest BCUT2D eigenvalue weighted by molar-refractivity contribution is -0.131. The number of urea groups is 1. The van der Waals surface area contributed by atoms with E-state index < -0.39 is 11.6 Å². The van der Waals surface area contributed by atoms with Crippen LogP contribution >= 0.6 is 0 Å². The minimum Gasteiger partial charge on any atom is -0.323 e. The van der Waals surface area contributed by atoms with Crippen molar-refractivity contribution in [1.82, 2.24) is 19.6 Å². The molecule has 1 saturated heterocycles. The second-order valence-corrected chi connectivity index (χ2v) is 6.13. The lowest BCUT2D eigenvalue weighted by atomic mass is 9.98. The summed E-state index contributed by atoms with van der Waals surface area (Å²) in [6.07, 6.45) is 4.88. The first-order chi connectivity index (χ1) is 11.1. The third-order valence-corrected chi connectivity index (χ3v) is 4.65. The van der Waals surface area contributed by atoms with Crippen LogP contribution in [0.25, 0.3) is 5.65 Å². The molecule has 118 valence electrons. The maximum atomic E-state index is 12.6. The molecule has 4 rings (SSSR count). The number of aromatic nitrogens is 2. The van der Waals surface area contributed by atoms with Crippen LogP contribution in [0.1, 0.15) is 31.4 Å². The van der Waals surface area contributed by atoms with E-state index in [1.807, 2.05) is 0 Å². The summed E-state index contributed by atoms with van der Waals surface area (Å²) < 4.78 is 1.42. The SMILES string of the molecule is O=C1NC2(CCCC2)C(=O)N1Cc1cc(=O)n2ccccc2n1. The second-order valence-electron chi connectivity index (χ2n) is 6.13. The van der Waals surface area contributed by atoms with E-state index in [0.29, 0.717) is 24.2 Å². The quantitative estimate of drug-likeness (QED) is 0.840. The van der Waals surface area contributed by atoms with Crippen molar-refractivity contribution in [2.75, 3.05) is 0 Å². The van der Waals surface area contributed by atoms with E-state index in [4.69, 9.17) is 0 Å². The number of amides is 3. The van der Waals surface area contributed by atoms with Gasteiger partial charge in [-0.3, -0.25) is 18.9 Å². The summed E-state index contributed by atoms with van der Waals surface area (Å²) in [7, 11) is 0. The second kappa shape index (κ2) is 4.91. The fourth-order valence-corrected chi connectivity index (χ4v) is 3.48. The first-order valence-electron chi connectivity index (χ1n) is 7.71. The molecule has 0 unspecified atom stereocenters. The number of pyridine rings is 1. The minimum atomic E-state index is -0.733. The van der Waals surface area contributed by atoms with Gasteiger partial charge in [-0.25, -0.2) is 9.78 Å². The van der Waals surface area contributed by atoms with Crippen LogP contribution in [0, 0.1) is 0 Å². The Kier molecular flexibility index (Phi) is 2.97. The Morgan fingerprint density at radius 1 is 1.17 bits per heavy atom. The molecule has 1 aliphatic heterocycles. The summed E-state index contributed by atoms with van der Waals surface area (Å²) in [5.41, 5.74) is -0.0474. The molecule has 0 radical (unpaired) electrons. The average Bonchev–Trinajstić information content (AvgIpc) is 3.09. The number of fused-ring (bicyclic) bond motifs is 1. The van der Waals surface area contributed by atoms with Crippen molar-refractivity contribution in [3.8, 4) is 0 Å². The van der Waals surface area contributed by atoms with Crippen LogP contribution in [0.3, 0.4) is 0 Å². The summed E-state index contributed by atoms with van der Waals surface area (Å²) in [6.45, 7) is 0.0209. The van der Waals surface area contributed by atoms with Crippen LogP contribution in [-0.4, -0.2) is 31.8 Å². The molecule has 2 fully saturated rings.